The number of unbranched alkanes of at least 4 members (excludes halogenated alkanes) is 1. The fourth-order valence-electron chi connectivity index (χ4n) is 3.82. The van der Waals surface area contributed by atoms with Crippen molar-refractivity contribution >= 4 is 27.5 Å². The van der Waals surface area contributed by atoms with Crippen LogP contribution in [0.5, 0.6) is 0 Å². The van der Waals surface area contributed by atoms with Crippen LogP contribution in [-0.4, -0.2) is 10.5 Å². The molecule has 1 aromatic heterocycles. The van der Waals surface area contributed by atoms with Crippen LogP contribution >= 0.6 is 15.9 Å². The third-order valence-electron chi connectivity index (χ3n) is 5.93. The van der Waals surface area contributed by atoms with Crippen molar-refractivity contribution in [3.8, 4) is 0 Å². The van der Waals surface area contributed by atoms with Gasteiger partial charge in [0.2, 0.25) is 5.43 Å². The van der Waals surface area contributed by atoms with Crippen molar-refractivity contribution in [3.05, 3.63) is 60.5 Å². The number of carbonyl (C=O) groups is 1. The molecule has 0 radical (unpaired) electrons. The molecular formula is C25H35BrN2O2. The van der Waals surface area contributed by atoms with E-state index in [1.54, 1.807) is 0 Å². The van der Waals surface area contributed by atoms with Gasteiger partial charge in [-0.3, -0.25) is 9.59 Å². The molecule has 1 N–H and O–H groups in total. The number of carbonyl (C=O) groups excluding carboxylic acids is 1. The summed E-state index contributed by atoms with van der Waals surface area (Å²) in [5.41, 5.74) is 6.02. The van der Waals surface area contributed by atoms with E-state index >= 15 is 0 Å². The van der Waals surface area contributed by atoms with Gasteiger partial charge in [0.25, 0.3) is 5.91 Å². The van der Waals surface area contributed by atoms with Crippen molar-refractivity contribution in [2.75, 3.05) is 5.32 Å². The minimum atomic E-state index is -0.316. The maximum absolute atomic E-state index is 13.4. The molecule has 30 heavy (non-hydrogen) atoms. The Morgan fingerprint density at radius 1 is 1.13 bits per heavy atom. The number of nitrogens with zero attached hydrogens (tertiary/aromatic N) is 1. The number of hydrogen-bond acceptors (Lipinski definition) is 2. The monoisotopic (exact) mass is 474 g/mol. The van der Waals surface area contributed by atoms with E-state index in [-0.39, 0.29) is 16.9 Å². The molecule has 5 heteroatoms. The summed E-state index contributed by atoms with van der Waals surface area (Å²) >= 11 is 3.41. The zero-order valence-corrected chi connectivity index (χ0v) is 21.0. The van der Waals surface area contributed by atoms with Crippen LogP contribution in [0.15, 0.2) is 21.4 Å². The van der Waals surface area contributed by atoms with Gasteiger partial charge in [0.15, 0.2) is 0 Å². The zero-order valence-electron chi connectivity index (χ0n) is 19.4. The van der Waals surface area contributed by atoms with Crippen molar-refractivity contribution in [1.29, 1.82) is 0 Å². The molecule has 1 amide bonds. The number of hydrogen-bond donors (Lipinski definition) is 1. The molecule has 2 rings (SSSR count). The molecule has 0 aliphatic heterocycles. The van der Waals surface area contributed by atoms with Gasteiger partial charge in [0.05, 0.1) is 4.47 Å². The SMILES string of the molecule is CCCCc1c(C(=O)Nc2c(CC)cc(C(C)C)cc2CC)c(=O)c(Br)c(C)n1C. The van der Waals surface area contributed by atoms with Gasteiger partial charge < -0.3 is 9.88 Å². The lowest BCUT2D eigenvalue weighted by Crippen LogP contribution is -2.29. The third-order valence-corrected chi connectivity index (χ3v) is 6.86. The van der Waals surface area contributed by atoms with E-state index in [9.17, 15) is 9.59 Å². The van der Waals surface area contributed by atoms with Crippen molar-refractivity contribution in [2.45, 2.75) is 79.6 Å². The first-order chi connectivity index (χ1) is 14.2. The van der Waals surface area contributed by atoms with E-state index in [0.717, 1.165) is 53.9 Å². The van der Waals surface area contributed by atoms with Gasteiger partial charge in [-0.05, 0) is 71.1 Å². The minimum Gasteiger partial charge on any atom is -0.350 e. The highest BCUT2D eigenvalue weighted by molar-refractivity contribution is 9.10. The van der Waals surface area contributed by atoms with Gasteiger partial charge in [-0.25, -0.2) is 0 Å². The average Bonchev–Trinajstić information content (AvgIpc) is 2.73. The second kappa shape index (κ2) is 10.4. The standard InChI is InChI=1S/C25H35BrN2O2/c1-8-11-12-20-21(24(29)22(26)16(6)28(20)7)25(30)27-23-17(9-2)13-19(15(4)5)14-18(23)10-3/h13-15H,8-12H2,1-7H3,(H,27,30). The Kier molecular flexibility index (Phi) is 8.48. The predicted molar refractivity (Wildman–Crippen MR) is 130 cm³/mol. The molecule has 0 atom stereocenters. The van der Waals surface area contributed by atoms with Crippen LogP contribution in [0.1, 0.15) is 91.8 Å². The van der Waals surface area contributed by atoms with Crippen LogP contribution in [0, 0.1) is 6.92 Å². The Balaban J connectivity index is 2.62. The van der Waals surface area contributed by atoms with E-state index < -0.39 is 0 Å². The fourth-order valence-corrected chi connectivity index (χ4v) is 4.28. The topological polar surface area (TPSA) is 51.1 Å². The molecule has 0 bridgehead atoms. The van der Waals surface area contributed by atoms with Crippen LogP contribution in [0.25, 0.3) is 0 Å². The summed E-state index contributed by atoms with van der Waals surface area (Å²) in [6.07, 6.45) is 4.27. The van der Waals surface area contributed by atoms with Crippen LogP contribution in [0.4, 0.5) is 5.69 Å². The maximum Gasteiger partial charge on any atom is 0.261 e. The first-order valence-electron chi connectivity index (χ1n) is 11.0. The third kappa shape index (κ3) is 4.88. The van der Waals surface area contributed by atoms with E-state index in [0.29, 0.717) is 16.8 Å². The van der Waals surface area contributed by atoms with E-state index in [2.05, 4.69) is 68.0 Å². The number of halogens is 1. The molecule has 2 aromatic rings. The van der Waals surface area contributed by atoms with Gasteiger partial charge in [0, 0.05) is 24.1 Å². The first-order valence-corrected chi connectivity index (χ1v) is 11.8. The summed E-state index contributed by atoms with van der Waals surface area (Å²) in [4.78, 5) is 26.5. The van der Waals surface area contributed by atoms with Gasteiger partial charge in [0.1, 0.15) is 5.56 Å². The van der Waals surface area contributed by atoms with Gasteiger partial charge in [-0.15, -0.1) is 0 Å². The lowest BCUT2D eigenvalue weighted by molar-refractivity contribution is 0.102. The smallest absolute Gasteiger partial charge is 0.261 e. The van der Waals surface area contributed by atoms with Gasteiger partial charge in [-0.2, -0.15) is 0 Å². The minimum absolute atomic E-state index is 0.232. The van der Waals surface area contributed by atoms with Crippen molar-refractivity contribution < 1.29 is 4.79 Å². The Labute approximate surface area is 189 Å². The molecule has 0 unspecified atom stereocenters. The second-order valence-corrected chi connectivity index (χ2v) is 9.04. The van der Waals surface area contributed by atoms with E-state index in [1.807, 2.05) is 18.5 Å². The Morgan fingerprint density at radius 3 is 2.17 bits per heavy atom. The second-order valence-electron chi connectivity index (χ2n) is 8.24. The number of nitrogens with one attached hydrogen (secondary N) is 1. The Morgan fingerprint density at radius 2 is 1.70 bits per heavy atom. The largest absolute Gasteiger partial charge is 0.350 e. The molecule has 0 fully saturated rings. The van der Waals surface area contributed by atoms with Crippen molar-refractivity contribution in [2.24, 2.45) is 7.05 Å². The number of pyridine rings is 1. The van der Waals surface area contributed by atoms with Gasteiger partial charge >= 0.3 is 0 Å². The molecule has 0 aliphatic carbocycles. The van der Waals surface area contributed by atoms with Gasteiger partial charge in [-0.1, -0.05) is 53.2 Å². The van der Waals surface area contributed by atoms with Crippen LogP contribution < -0.4 is 10.7 Å². The summed E-state index contributed by atoms with van der Waals surface area (Å²) < 4.78 is 2.43. The summed E-state index contributed by atoms with van der Waals surface area (Å²) in [6, 6.07) is 4.36. The predicted octanol–water partition coefficient (Wildman–Crippen LogP) is 6.30. The quantitative estimate of drug-likeness (QED) is 0.487. The normalized spacial score (nSPS) is 11.2. The van der Waals surface area contributed by atoms with Crippen LogP contribution in [-0.2, 0) is 26.3 Å². The molecular weight excluding hydrogens is 440 g/mol. The lowest BCUT2D eigenvalue weighted by Gasteiger charge is -2.21. The average molecular weight is 475 g/mol. The molecule has 1 aromatic carbocycles. The van der Waals surface area contributed by atoms with Crippen molar-refractivity contribution in [1.82, 2.24) is 4.57 Å². The highest BCUT2D eigenvalue weighted by atomic mass is 79.9. The highest BCUT2D eigenvalue weighted by Crippen LogP contribution is 2.29. The molecule has 4 nitrogen and oxygen atoms in total. The molecule has 0 aliphatic rings. The summed E-state index contributed by atoms with van der Waals surface area (Å²) in [6.45, 7) is 12.6. The van der Waals surface area contributed by atoms with Crippen LogP contribution in [0.3, 0.4) is 0 Å². The molecule has 1 heterocycles. The fraction of sp³-hybridized carbons (Fsp3) is 0.520. The number of anilines is 1. The number of amides is 1. The molecule has 0 saturated carbocycles. The number of benzene rings is 1. The lowest BCUT2D eigenvalue weighted by atomic mass is 9.93. The Bertz CT molecular complexity index is 965. The first kappa shape index (κ1) is 24.4. The van der Waals surface area contributed by atoms with E-state index in [4.69, 9.17) is 0 Å². The zero-order chi connectivity index (χ0) is 22.6. The molecule has 164 valence electrons. The number of aromatic nitrogens is 1. The number of rotatable bonds is 8. The molecule has 0 spiro atoms. The maximum atomic E-state index is 13.4. The molecule has 0 saturated heterocycles. The van der Waals surface area contributed by atoms with E-state index in [1.165, 1.54) is 5.56 Å². The summed E-state index contributed by atoms with van der Waals surface area (Å²) in [5, 5.41) is 3.12. The summed E-state index contributed by atoms with van der Waals surface area (Å²) in [7, 11) is 1.92. The van der Waals surface area contributed by atoms with Crippen molar-refractivity contribution in [3.63, 3.8) is 0 Å². The number of aryl methyl sites for hydroxylation is 2. The highest BCUT2D eigenvalue weighted by Gasteiger charge is 2.23. The van der Waals surface area contributed by atoms with Crippen LogP contribution in [0.2, 0.25) is 0 Å². The Hall–Kier alpha value is -1.88. The summed E-state index contributed by atoms with van der Waals surface area (Å²) in [5.74, 6) is 0.107.